The fourth-order valence-corrected chi connectivity index (χ4v) is 2.73. The Morgan fingerprint density at radius 3 is 3.07 bits per heavy atom. The molecule has 0 unspecified atom stereocenters. The maximum Gasteiger partial charge on any atom is 0.230 e. The summed E-state index contributed by atoms with van der Waals surface area (Å²) in [4.78, 5) is 15.1. The number of carbonyl (C=O) groups excluding carboxylic acids is 1. The Morgan fingerprint density at radius 1 is 1.79 bits per heavy atom. The van der Waals surface area contributed by atoms with E-state index >= 15 is 0 Å². The van der Waals surface area contributed by atoms with Gasteiger partial charge in [0, 0.05) is 16.8 Å². The molecule has 0 atom stereocenters. The van der Waals surface area contributed by atoms with E-state index in [-0.39, 0.29) is 5.91 Å². The molecule has 0 aliphatic carbocycles. The number of nitrogens with zero attached hydrogens (tertiary/aromatic N) is 1. The summed E-state index contributed by atoms with van der Waals surface area (Å²) in [5.41, 5.74) is 0. The lowest BCUT2D eigenvalue weighted by atomic mass is 10.5. The third-order valence-electron chi connectivity index (χ3n) is 1.39. The minimum Gasteiger partial charge on any atom is -0.358 e. The van der Waals surface area contributed by atoms with Gasteiger partial charge < -0.3 is 5.32 Å². The van der Waals surface area contributed by atoms with Crippen molar-refractivity contribution in [2.75, 3.05) is 12.8 Å². The summed E-state index contributed by atoms with van der Waals surface area (Å²) in [5, 5.41) is 3.99. The number of aromatic nitrogens is 1. The Bertz CT molecular complexity index is 348. The Kier molecular flexibility index (Phi) is 4.97. The van der Waals surface area contributed by atoms with Crippen LogP contribution in [0.1, 0.15) is 0 Å². The van der Waals surface area contributed by atoms with Gasteiger partial charge in [-0.25, -0.2) is 4.98 Å². The van der Waals surface area contributed by atoms with Crippen LogP contribution >= 0.6 is 46.0 Å². The molecule has 0 aromatic carbocycles. The van der Waals surface area contributed by atoms with Gasteiger partial charge in [0.15, 0.2) is 0 Å². The molecule has 14 heavy (non-hydrogen) atoms. The Labute approximate surface area is 105 Å². The molecule has 0 saturated heterocycles. The Morgan fingerprint density at radius 2 is 2.50 bits per heavy atom. The smallest absolute Gasteiger partial charge is 0.230 e. The molecule has 1 N–H and O–H groups in total. The van der Waals surface area contributed by atoms with Crippen LogP contribution in [-0.2, 0) is 4.79 Å². The summed E-state index contributed by atoms with van der Waals surface area (Å²) in [6, 6.07) is 1.82. The number of nitrogens with one attached hydrogen (secondary N) is 1. The normalized spacial score (nSPS) is 9.93. The summed E-state index contributed by atoms with van der Waals surface area (Å²) in [6.45, 7) is 0. The van der Waals surface area contributed by atoms with Crippen LogP contribution in [0, 0.1) is 3.57 Å². The second kappa shape index (κ2) is 5.77. The molecule has 0 bridgehead atoms. The number of rotatable bonds is 3. The van der Waals surface area contributed by atoms with Gasteiger partial charge in [-0.1, -0.05) is 23.4 Å². The van der Waals surface area contributed by atoms with Gasteiger partial charge in [0.05, 0.1) is 10.8 Å². The zero-order valence-corrected chi connectivity index (χ0v) is 11.1. The van der Waals surface area contributed by atoms with Crippen LogP contribution in [0.5, 0.6) is 0 Å². The van der Waals surface area contributed by atoms with Crippen molar-refractivity contribution in [3.63, 3.8) is 0 Å². The van der Waals surface area contributed by atoms with Crippen molar-refractivity contribution in [2.45, 2.75) is 5.03 Å². The van der Waals surface area contributed by atoms with Crippen molar-refractivity contribution in [3.8, 4) is 0 Å². The van der Waals surface area contributed by atoms with Crippen molar-refractivity contribution in [2.24, 2.45) is 0 Å². The first-order chi connectivity index (χ1) is 6.63. The first-order valence-corrected chi connectivity index (χ1v) is 6.22. The highest BCUT2D eigenvalue weighted by molar-refractivity contribution is 14.1. The molecule has 1 amide bonds. The summed E-state index contributed by atoms with van der Waals surface area (Å²) in [6.07, 6.45) is 1.58. The zero-order chi connectivity index (χ0) is 10.6. The van der Waals surface area contributed by atoms with E-state index in [1.165, 1.54) is 11.8 Å². The zero-order valence-electron chi connectivity index (χ0n) is 7.38. The minimum atomic E-state index is -0.0115. The highest BCUT2D eigenvalue weighted by Crippen LogP contribution is 2.23. The van der Waals surface area contributed by atoms with E-state index in [9.17, 15) is 4.79 Å². The van der Waals surface area contributed by atoms with E-state index in [1.807, 2.05) is 6.07 Å². The van der Waals surface area contributed by atoms with Crippen LogP contribution in [0.2, 0.25) is 5.02 Å². The SMILES string of the molecule is CNC(=O)CSc1ncc(Cl)cc1I. The highest BCUT2D eigenvalue weighted by atomic mass is 127. The second-order valence-electron chi connectivity index (χ2n) is 2.40. The van der Waals surface area contributed by atoms with Crippen LogP contribution in [-0.4, -0.2) is 23.7 Å². The average molecular weight is 343 g/mol. The average Bonchev–Trinajstić information content (AvgIpc) is 2.16. The van der Waals surface area contributed by atoms with Crippen LogP contribution in [0.15, 0.2) is 17.3 Å². The number of hydrogen-bond donors (Lipinski definition) is 1. The quantitative estimate of drug-likeness (QED) is 0.676. The molecular weight excluding hydrogens is 335 g/mol. The van der Waals surface area contributed by atoms with E-state index in [0.717, 1.165) is 8.60 Å². The van der Waals surface area contributed by atoms with Crippen molar-refractivity contribution in [3.05, 3.63) is 20.9 Å². The van der Waals surface area contributed by atoms with Gasteiger partial charge in [-0.2, -0.15) is 0 Å². The van der Waals surface area contributed by atoms with E-state index in [0.29, 0.717) is 10.8 Å². The highest BCUT2D eigenvalue weighted by Gasteiger charge is 2.05. The van der Waals surface area contributed by atoms with E-state index in [2.05, 4.69) is 32.9 Å². The number of halogens is 2. The summed E-state index contributed by atoms with van der Waals surface area (Å²) < 4.78 is 0.962. The third kappa shape index (κ3) is 3.62. The molecule has 0 saturated carbocycles. The molecule has 1 heterocycles. The van der Waals surface area contributed by atoms with Crippen molar-refractivity contribution in [1.82, 2.24) is 10.3 Å². The predicted octanol–water partition coefficient (Wildman–Crippen LogP) is 2.18. The molecule has 1 aromatic rings. The van der Waals surface area contributed by atoms with Crippen LogP contribution in [0.25, 0.3) is 0 Å². The number of hydrogen-bond acceptors (Lipinski definition) is 3. The number of pyridine rings is 1. The van der Waals surface area contributed by atoms with Crippen molar-refractivity contribution < 1.29 is 4.79 Å². The van der Waals surface area contributed by atoms with E-state index in [1.54, 1.807) is 13.2 Å². The molecule has 0 aliphatic heterocycles. The van der Waals surface area contributed by atoms with Gasteiger partial charge >= 0.3 is 0 Å². The summed E-state index contributed by atoms with van der Waals surface area (Å²) in [5.74, 6) is 0.365. The number of amides is 1. The lowest BCUT2D eigenvalue weighted by molar-refractivity contribution is -0.118. The molecule has 0 radical (unpaired) electrons. The molecule has 1 aromatic heterocycles. The van der Waals surface area contributed by atoms with Crippen molar-refractivity contribution >= 4 is 51.9 Å². The molecule has 76 valence electrons. The Balaban J connectivity index is 2.63. The molecule has 1 rings (SSSR count). The monoisotopic (exact) mass is 342 g/mol. The molecule has 3 nitrogen and oxygen atoms in total. The van der Waals surface area contributed by atoms with E-state index in [4.69, 9.17) is 11.6 Å². The van der Waals surface area contributed by atoms with Crippen LogP contribution in [0.3, 0.4) is 0 Å². The van der Waals surface area contributed by atoms with Crippen molar-refractivity contribution in [1.29, 1.82) is 0 Å². The fraction of sp³-hybridized carbons (Fsp3) is 0.250. The van der Waals surface area contributed by atoms with Crippen LogP contribution in [0.4, 0.5) is 0 Å². The first kappa shape index (κ1) is 12.1. The van der Waals surface area contributed by atoms with Gasteiger partial charge in [0.25, 0.3) is 0 Å². The predicted molar refractivity (Wildman–Crippen MR) is 66.8 cm³/mol. The summed E-state index contributed by atoms with van der Waals surface area (Å²) >= 11 is 9.30. The molecule has 0 fully saturated rings. The van der Waals surface area contributed by atoms with Gasteiger partial charge in [-0.15, -0.1) is 0 Å². The van der Waals surface area contributed by atoms with Crippen LogP contribution < -0.4 is 5.32 Å². The van der Waals surface area contributed by atoms with Gasteiger partial charge in [-0.05, 0) is 28.7 Å². The number of thioether (sulfide) groups is 1. The number of carbonyl (C=O) groups is 1. The minimum absolute atomic E-state index is 0.0115. The van der Waals surface area contributed by atoms with E-state index < -0.39 is 0 Å². The lowest BCUT2D eigenvalue weighted by Gasteiger charge is -2.02. The first-order valence-electron chi connectivity index (χ1n) is 3.78. The Hall–Kier alpha value is -0.0100. The molecule has 0 spiro atoms. The van der Waals surface area contributed by atoms with Gasteiger partial charge in [0.1, 0.15) is 5.03 Å². The molecular formula is C8H8ClIN2OS. The van der Waals surface area contributed by atoms with Gasteiger partial charge in [-0.3, -0.25) is 4.79 Å². The lowest BCUT2D eigenvalue weighted by Crippen LogP contribution is -2.19. The fourth-order valence-electron chi connectivity index (χ4n) is 0.714. The second-order valence-corrected chi connectivity index (χ2v) is 4.97. The van der Waals surface area contributed by atoms with Gasteiger partial charge in [0.2, 0.25) is 5.91 Å². The maximum absolute atomic E-state index is 11.0. The largest absolute Gasteiger partial charge is 0.358 e. The topological polar surface area (TPSA) is 42.0 Å². The maximum atomic E-state index is 11.0. The molecule has 6 heteroatoms. The summed E-state index contributed by atoms with van der Waals surface area (Å²) in [7, 11) is 1.61. The molecule has 0 aliphatic rings. The standard InChI is InChI=1S/C8H8ClIN2OS/c1-11-7(13)4-14-8-6(10)2-5(9)3-12-8/h2-3H,4H2,1H3,(H,11,13). The third-order valence-corrected chi connectivity index (χ3v) is 3.79.